The van der Waals surface area contributed by atoms with Gasteiger partial charge in [0.05, 0.1) is 11.9 Å². The highest BCUT2D eigenvalue weighted by Crippen LogP contribution is 2.27. The lowest BCUT2D eigenvalue weighted by Gasteiger charge is -2.07. The van der Waals surface area contributed by atoms with Gasteiger partial charge in [0.25, 0.3) is 5.91 Å². The fourth-order valence-electron chi connectivity index (χ4n) is 2.50. The molecule has 0 unspecified atom stereocenters. The normalized spacial score (nSPS) is 10.8. The number of nitrogens with zero attached hydrogens (tertiary/aromatic N) is 3. The highest BCUT2D eigenvalue weighted by molar-refractivity contribution is 9.10. The van der Waals surface area contributed by atoms with Crippen LogP contribution in [0.2, 0.25) is 0 Å². The third kappa shape index (κ3) is 3.21. The largest absolute Gasteiger partial charge is 0.444 e. The number of aromatic nitrogens is 3. The average Bonchev–Trinajstić information content (AvgIpc) is 3.36. The number of furan rings is 1. The summed E-state index contributed by atoms with van der Waals surface area (Å²) in [5.74, 6) is 1.13. The molecule has 3 heterocycles. The van der Waals surface area contributed by atoms with Gasteiger partial charge in [-0.3, -0.25) is 9.36 Å². The van der Waals surface area contributed by atoms with Crippen LogP contribution in [0.25, 0.3) is 16.4 Å². The van der Waals surface area contributed by atoms with Crippen LogP contribution >= 0.6 is 27.3 Å². The highest BCUT2D eigenvalue weighted by atomic mass is 79.9. The molecule has 0 atom stereocenters. The van der Waals surface area contributed by atoms with Gasteiger partial charge in [0.15, 0.2) is 15.6 Å². The summed E-state index contributed by atoms with van der Waals surface area (Å²) < 4.78 is 7.61. The molecule has 4 rings (SSSR count). The molecule has 3 aromatic heterocycles. The van der Waals surface area contributed by atoms with Crippen molar-refractivity contribution in [3.05, 3.63) is 70.3 Å². The first kappa shape index (κ1) is 16.7. The van der Waals surface area contributed by atoms with E-state index in [4.69, 9.17) is 4.42 Å². The van der Waals surface area contributed by atoms with E-state index in [-0.39, 0.29) is 11.7 Å². The number of rotatable bonds is 4. The van der Waals surface area contributed by atoms with Gasteiger partial charge in [-0.2, -0.15) is 0 Å². The van der Waals surface area contributed by atoms with Crippen LogP contribution in [0.5, 0.6) is 0 Å². The zero-order valence-corrected chi connectivity index (χ0v) is 16.0. The van der Waals surface area contributed by atoms with E-state index >= 15 is 0 Å². The SMILES string of the molecule is Cc1ncc(NC(=O)c2ccc(Br)o2)n1-c1nc(-c2ccccc2)cs1. The molecule has 0 bridgehead atoms. The zero-order chi connectivity index (χ0) is 18.1. The maximum Gasteiger partial charge on any atom is 0.292 e. The number of carbonyl (C=O) groups is 1. The predicted molar refractivity (Wildman–Crippen MR) is 104 cm³/mol. The van der Waals surface area contributed by atoms with Crippen molar-refractivity contribution in [3.8, 4) is 16.4 Å². The van der Waals surface area contributed by atoms with E-state index in [2.05, 4.69) is 31.2 Å². The average molecular weight is 429 g/mol. The lowest BCUT2D eigenvalue weighted by atomic mass is 10.2. The molecule has 0 aliphatic rings. The fraction of sp³-hybridized carbons (Fsp3) is 0.0556. The van der Waals surface area contributed by atoms with Crippen LogP contribution in [0.3, 0.4) is 0 Å². The standard InChI is InChI=1S/C18H13BrN4O2S/c1-11-20-9-16(22-17(24)14-7-8-15(19)25-14)23(11)18-21-13(10-26-18)12-5-3-2-4-6-12/h2-10H,1H3,(H,22,24). The minimum Gasteiger partial charge on any atom is -0.444 e. The maximum atomic E-state index is 12.4. The van der Waals surface area contributed by atoms with Gasteiger partial charge in [-0.25, -0.2) is 9.97 Å². The summed E-state index contributed by atoms with van der Waals surface area (Å²) in [5.41, 5.74) is 1.92. The molecular formula is C18H13BrN4O2S. The van der Waals surface area contributed by atoms with Gasteiger partial charge in [0, 0.05) is 10.9 Å². The Labute approximate surface area is 161 Å². The van der Waals surface area contributed by atoms with Crippen molar-refractivity contribution in [2.75, 3.05) is 5.32 Å². The number of benzene rings is 1. The number of imidazole rings is 1. The van der Waals surface area contributed by atoms with E-state index in [0.717, 1.165) is 22.2 Å². The van der Waals surface area contributed by atoms with Gasteiger partial charge in [0.2, 0.25) is 0 Å². The summed E-state index contributed by atoms with van der Waals surface area (Å²) in [6, 6.07) is 13.2. The van der Waals surface area contributed by atoms with Crippen molar-refractivity contribution >= 4 is 39.0 Å². The lowest BCUT2D eigenvalue weighted by molar-refractivity contribution is 0.0995. The number of amides is 1. The van der Waals surface area contributed by atoms with Crippen LogP contribution < -0.4 is 5.32 Å². The molecule has 1 N–H and O–H groups in total. The topological polar surface area (TPSA) is 73.0 Å². The summed E-state index contributed by atoms with van der Waals surface area (Å²) in [5, 5.41) is 5.54. The van der Waals surface area contributed by atoms with Crippen molar-refractivity contribution in [2.24, 2.45) is 0 Å². The molecule has 1 aromatic carbocycles. The molecule has 0 aliphatic carbocycles. The first-order chi connectivity index (χ1) is 12.6. The van der Waals surface area contributed by atoms with Crippen LogP contribution in [-0.4, -0.2) is 20.4 Å². The van der Waals surface area contributed by atoms with Gasteiger partial charge < -0.3 is 9.73 Å². The Kier molecular flexibility index (Phi) is 4.44. The number of carbonyl (C=O) groups excluding carboxylic acids is 1. The first-order valence-electron chi connectivity index (χ1n) is 7.74. The Morgan fingerprint density at radius 3 is 2.77 bits per heavy atom. The Hall–Kier alpha value is -2.71. The summed E-state index contributed by atoms with van der Waals surface area (Å²) >= 11 is 4.68. The Morgan fingerprint density at radius 2 is 2.04 bits per heavy atom. The monoisotopic (exact) mass is 428 g/mol. The Bertz CT molecular complexity index is 1070. The van der Waals surface area contributed by atoms with Crippen molar-refractivity contribution in [3.63, 3.8) is 0 Å². The Balaban J connectivity index is 1.65. The van der Waals surface area contributed by atoms with Gasteiger partial charge in [-0.05, 0) is 35.0 Å². The van der Waals surface area contributed by atoms with E-state index in [1.165, 1.54) is 11.3 Å². The smallest absolute Gasteiger partial charge is 0.292 e. The number of hydrogen-bond acceptors (Lipinski definition) is 5. The molecule has 0 spiro atoms. The minimum absolute atomic E-state index is 0.214. The van der Waals surface area contributed by atoms with Gasteiger partial charge >= 0.3 is 0 Å². The van der Waals surface area contributed by atoms with E-state index in [9.17, 15) is 4.79 Å². The summed E-state index contributed by atoms with van der Waals surface area (Å²) in [4.78, 5) is 21.4. The zero-order valence-electron chi connectivity index (χ0n) is 13.6. The van der Waals surface area contributed by atoms with Crippen molar-refractivity contribution in [1.29, 1.82) is 0 Å². The van der Waals surface area contributed by atoms with E-state index in [1.54, 1.807) is 18.3 Å². The second-order valence-corrected chi connectivity index (χ2v) is 7.08. The first-order valence-corrected chi connectivity index (χ1v) is 9.41. The summed E-state index contributed by atoms with van der Waals surface area (Å²) in [6.45, 7) is 1.86. The number of thiazole rings is 1. The van der Waals surface area contributed by atoms with Crippen molar-refractivity contribution in [2.45, 2.75) is 6.92 Å². The highest BCUT2D eigenvalue weighted by Gasteiger charge is 2.17. The number of anilines is 1. The van der Waals surface area contributed by atoms with Crippen LogP contribution in [0.15, 0.2) is 63.1 Å². The van der Waals surface area contributed by atoms with Crippen LogP contribution in [0.4, 0.5) is 5.82 Å². The fourth-order valence-corrected chi connectivity index (χ4v) is 3.70. The molecule has 4 aromatic rings. The van der Waals surface area contributed by atoms with Crippen LogP contribution in [0, 0.1) is 6.92 Å². The molecule has 130 valence electrons. The Morgan fingerprint density at radius 1 is 1.23 bits per heavy atom. The number of halogens is 1. The lowest BCUT2D eigenvalue weighted by Crippen LogP contribution is -2.14. The maximum absolute atomic E-state index is 12.4. The summed E-state index contributed by atoms with van der Waals surface area (Å²) in [7, 11) is 0. The minimum atomic E-state index is -0.350. The van der Waals surface area contributed by atoms with Gasteiger partial charge in [-0.15, -0.1) is 11.3 Å². The molecule has 0 aliphatic heterocycles. The van der Waals surface area contributed by atoms with Crippen molar-refractivity contribution in [1.82, 2.24) is 14.5 Å². The summed E-state index contributed by atoms with van der Waals surface area (Å²) in [6.07, 6.45) is 1.61. The van der Waals surface area contributed by atoms with Crippen molar-refractivity contribution < 1.29 is 9.21 Å². The molecule has 0 radical (unpaired) electrons. The molecular weight excluding hydrogens is 416 g/mol. The third-order valence-electron chi connectivity index (χ3n) is 3.73. The molecule has 0 fully saturated rings. The van der Waals surface area contributed by atoms with Gasteiger partial charge in [-0.1, -0.05) is 30.3 Å². The van der Waals surface area contributed by atoms with E-state index < -0.39 is 0 Å². The van der Waals surface area contributed by atoms with Crippen LogP contribution in [-0.2, 0) is 0 Å². The molecule has 26 heavy (non-hydrogen) atoms. The third-order valence-corrected chi connectivity index (χ3v) is 4.98. The van der Waals surface area contributed by atoms with E-state index in [0.29, 0.717) is 10.5 Å². The second-order valence-electron chi connectivity index (χ2n) is 5.47. The van der Waals surface area contributed by atoms with E-state index in [1.807, 2.05) is 47.2 Å². The second kappa shape index (κ2) is 6.89. The van der Waals surface area contributed by atoms with Gasteiger partial charge in [0.1, 0.15) is 11.6 Å². The molecule has 0 saturated carbocycles. The molecule has 8 heteroatoms. The number of aryl methyl sites for hydroxylation is 1. The molecule has 6 nitrogen and oxygen atoms in total. The molecule has 0 saturated heterocycles. The quantitative estimate of drug-likeness (QED) is 0.500. The molecule has 1 amide bonds. The number of nitrogens with one attached hydrogen (secondary N) is 1. The van der Waals surface area contributed by atoms with Crippen LogP contribution in [0.1, 0.15) is 16.4 Å². The number of hydrogen-bond donors (Lipinski definition) is 1. The predicted octanol–water partition coefficient (Wildman–Crippen LogP) is 4.91.